The fourth-order valence-electron chi connectivity index (χ4n) is 4.22. The van der Waals surface area contributed by atoms with Gasteiger partial charge in [0.2, 0.25) is 0 Å². The van der Waals surface area contributed by atoms with Crippen LogP contribution in [-0.4, -0.2) is 19.5 Å². The van der Waals surface area contributed by atoms with E-state index in [1.807, 2.05) is 0 Å². The van der Waals surface area contributed by atoms with Gasteiger partial charge in [-0.15, -0.1) is 0 Å². The Morgan fingerprint density at radius 3 is 2.10 bits per heavy atom. The average Bonchev–Trinajstić information content (AvgIpc) is 2.52. The average molecular weight is 312 g/mol. The predicted octanol–water partition coefficient (Wildman–Crippen LogP) is 3.62. The number of rotatable bonds is 2. The van der Waals surface area contributed by atoms with E-state index < -0.39 is 32.1 Å². The number of hydrogen-bond acceptors (Lipinski definition) is 3. The zero-order valence-corrected chi connectivity index (χ0v) is 12.8. The number of alkyl halides is 3. The van der Waals surface area contributed by atoms with Gasteiger partial charge in [-0.1, -0.05) is 39.8 Å². The molecule has 0 amide bonds. The van der Waals surface area contributed by atoms with E-state index in [-0.39, 0.29) is 12.3 Å². The predicted molar refractivity (Wildman–Crippen MR) is 68.2 cm³/mol. The van der Waals surface area contributed by atoms with Crippen molar-refractivity contribution in [3.05, 3.63) is 12.2 Å². The van der Waals surface area contributed by atoms with Crippen LogP contribution >= 0.6 is 0 Å². The van der Waals surface area contributed by atoms with Crippen LogP contribution in [0.25, 0.3) is 0 Å². The van der Waals surface area contributed by atoms with Gasteiger partial charge in [-0.3, -0.25) is 4.18 Å². The molecule has 0 N–H and O–H groups in total. The summed E-state index contributed by atoms with van der Waals surface area (Å²) >= 11 is 0. The first kappa shape index (κ1) is 15.8. The van der Waals surface area contributed by atoms with E-state index in [0.717, 1.165) is 5.57 Å². The lowest BCUT2D eigenvalue weighted by atomic mass is 9.67. The molecule has 20 heavy (non-hydrogen) atoms. The molecule has 0 aromatic rings. The lowest BCUT2D eigenvalue weighted by molar-refractivity contribution is -0.101. The van der Waals surface area contributed by atoms with Crippen molar-refractivity contribution < 1.29 is 25.8 Å². The molecule has 0 aromatic carbocycles. The molecule has 2 unspecified atom stereocenters. The van der Waals surface area contributed by atoms with Crippen molar-refractivity contribution in [1.82, 2.24) is 0 Å². The van der Waals surface area contributed by atoms with Crippen LogP contribution < -0.4 is 0 Å². The van der Waals surface area contributed by atoms with Gasteiger partial charge in [-0.05, 0) is 18.8 Å². The molecular weight excluding hydrogens is 293 g/mol. The molecule has 2 saturated carbocycles. The van der Waals surface area contributed by atoms with Gasteiger partial charge in [0, 0.05) is 10.8 Å². The van der Waals surface area contributed by atoms with Crippen LogP contribution in [0.1, 0.15) is 40.5 Å². The van der Waals surface area contributed by atoms with Gasteiger partial charge in [-0.2, -0.15) is 21.6 Å². The summed E-state index contributed by atoms with van der Waals surface area (Å²) in [5.74, 6) is -0.0269. The highest BCUT2D eigenvalue weighted by Gasteiger charge is 2.73. The van der Waals surface area contributed by atoms with Crippen LogP contribution in [-0.2, 0) is 14.3 Å². The second-order valence-electron chi connectivity index (χ2n) is 6.77. The van der Waals surface area contributed by atoms with Crippen LogP contribution in [0.3, 0.4) is 0 Å². The lowest BCUT2D eigenvalue weighted by Crippen LogP contribution is -2.53. The molecule has 0 aliphatic heterocycles. The standard InChI is InChI=1S/C13H19F3O3S/c1-8-9-6-7-12(10(8,2)3,11(9,4)5)19-20(17,18)13(14,15)16/h9H,1,6-7H2,2-5H3. The Morgan fingerprint density at radius 1 is 1.25 bits per heavy atom. The zero-order chi connectivity index (χ0) is 15.8. The van der Waals surface area contributed by atoms with Crippen molar-refractivity contribution in [2.75, 3.05) is 0 Å². The van der Waals surface area contributed by atoms with Crippen molar-refractivity contribution >= 4 is 10.1 Å². The summed E-state index contributed by atoms with van der Waals surface area (Å²) in [5, 5.41) is 0. The monoisotopic (exact) mass is 312 g/mol. The molecule has 3 nitrogen and oxygen atoms in total. The molecular formula is C13H19F3O3S. The van der Waals surface area contributed by atoms with Gasteiger partial charge in [-0.25, -0.2) is 0 Å². The molecule has 0 heterocycles. The number of fused-ring (bicyclic) bond motifs is 2. The van der Waals surface area contributed by atoms with Gasteiger partial charge < -0.3 is 0 Å². The summed E-state index contributed by atoms with van der Waals surface area (Å²) in [7, 11) is -5.63. The quantitative estimate of drug-likeness (QED) is 0.444. The van der Waals surface area contributed by atoms with Gasteiger partial charge in [0.1, 0.15) is 5.60 Å². The van der Waals surface area contributed by atoms with Crippen LogP contribution in [0, 0.1) is 16.7 Å². The molecule has 2 aliphatic carbocycles. The summed E-state index contributed by atoms with van der Waals surface area (Å²) in [4.78, 5) is 0. The topological polar surface area (TPSA) is 43.4 Å². The van der Waals surface area contributed by atoms with Crippen molar-refractivity contribution in [2.45, 2.75) is 51.6 Å². The molecule has 0 radical (unpaired) electrons. The normalized spacial score (nSPS) is 35.5. The first-order chi connectivity index (χ1) is 8.71. The number of halogens is 3. The van der Waals surface area contributed by atoms with Crippen LogP contribution in [0.4, 0.5) is 13.2 Å². The highest BCUT2D eigenvalue weighted by Crippen LogP contribution is 2.72. The van der Waals surface area contributed by atoms with E-state index in [1.54, 1.807) is 27.7 Å². The largest absolute Gasteiger partial charge is 0.523 e. The Labute approximate surface area is 117 Å². The van der Waals surface area contributed by atoms with E-state index in [4.69, 9.17) is 4.18 Å². The summed E-state index contributed by atoms with van der Waals surface area (Å²) in [5.41, 5.74) is -7.55. The van der Waals surface area contributed by atoms with Crippen molar-refractivity contribution in [3.8, 4) is 0 Å². The first-order valence-electron chi connectivity index (χ1n) is 6.42. The molecule has 0 saturated heterocycles. The third-order valence-electron chi connectivity index (χ3n) is 5.47. The van der Waals surface area contributed by atoms with E-state index in [2.05, 4.69) is 6.58 Å². The van der Waals surface area contributed by atoms with E-state index in [1.165, 1.54) is 0 Å². The van der Waals surface area contributed by atoms with Crippen LogP contribution in [0.2, 0.25) is 0 Å². The summed E-state index contributed by atoms with van der Waals surface area (Å²) < 4.78 is 65.8. The second kappa shape index (κ2) is 3.80. The minimum Gasteiger partial charge on any atom is -0.255 e. The molecule has 2 atom stereocenters. The van der Waals surface area contributed by atoms with E-state index >= 15 is 0 Å². The Balaban J connectivity index is 2.56. The van der Waals surface area contributed by atoms with E-state index in [9.17, 15) is 21.6 Å². The molecule has 2 aliphatic rings. The molecule has 2 bridgehead atoms. The Morgan fingerprint density at radius 2 is 1.75 bits per heavy atom. The smallest absolute Gasteiger partial charge is 0.255 e. The highest BCUT2D eigenvalue weighted by atomic mass is 32.2. The molecule has 2 fully saturated rings. The zero-order valence-electron chi connectivity index (χ0n) is 12.0. The van der Waals surface area contributed by atoms with E-state index in [0.29, 0.717) is 6.42 Å². The van der Waals surface area contributed by atoms with Gasteiger partial charge in [0.25, 0.3) is 0 Å². The summed E-state index contributed by atoms with van der Waals surface area (Å²) in [6.07, 6.45) is 0.884. The SMILES string of the molecule is C=C1C2CCC(OS(=O)(=O)C(F)(F)F)(C1(C)C)C2(C)C. The summed E-state index contributed by atoms with van der Waals surface area (Å²) in [6.45, 7) is 10.9. The van der Waals surface area contributed by atoms with Crippen LogP contribution in [0.15, 0.2) is 12.2 Å². The third kappa shape index (κ3) is 1.59. The molecule has 0 spiro atoms. The molecule has 116 valence electrons. The Hall–Kier alpha value is -0.560. The highest BCUT2D eigenvalue weighted by molar-refractivity contribution is 7.87. The first-order valence-corrected chi connectivity index (χ1v) is 7.83. The maximum absolute atomic E-state index is 12.7. The molecule has 7 heteroatoms. The summed E-state index contributed by atoms with van der Waals surface area (Å²) in [6, 6.07) is 0. The minimum absolute atomic E-state index is 0.0269. The van der Waals surface area contributed by atoms with Crippen molar-refractivity contribution in [1.29, 1.82) is 0 Å². The van der Waals surface area contributed by atoms with Crippen molar-refractivity contribution in [3.63, 3.8) is 0 Å². The minimum atomic E-state index is -5.63. The fraction of sp³-hybridized carbons (Fsp3) is 0.846. The Kier molecular flexibility index (Phi) is 3.00. The van der Waals surface area contributed by atoms with Crippen LogP contribution in [0.5, 0.6) is 0 Å². The van der Waals surface area contributed by atoms with Crippen molar-refractivity contribution in [2.24, 2.45) is 16.7 Å². The maximum Gasteiger partial charge on any atom is 0.523 e. The lowest BCUT2D eigenvalue weighted by Gasteiger charge is -2.46. The van der Waals surface area contributed by atoms with Gasteiger partial charge in [0.15, 0.2) is 0 Å². The second-order valence-corrected chi connectivity index (χ2v) is 8.31. The third-order valence-corrected chi connectivity index (χ3v) is 6.54. The van der Waals surface area contributed by atoms with Gasteiger partial charge >= 0.3 is 15.6 Å². The molecule has 0 aromatic heterocycles. The Bertz CT molecular complexity index is 560. The van der Waals surface area contributed by atoms with Gasteiger partial charge in [0.05, 0.1) is 0 Å². The maximum atomic E-state index is 12.7. The molecule has 2 rings (SSSR count). The number of hydrogen-bond donors (Lipinski definition) is 0. The fourth-order valence-corrected chi connectivity index (χ4v) is 5.20.